The predicted molar refractivity (Wildman–Crippen MR) is 163 cm³/mol. The molecule has 3 aromatic carbocycles. The third kappa shape index (κ3) is 6.42. The second-order valence-corrected chi connectivity index (χ2v) is 13.0. The van der Waals surface area contributed by atoms with Gasteiger partial charge in [-0.25, -0.2) is 8.42 Å². The molecule has 1 unspecified atom stereocenters. The Morgan fingerprint density at radius 3 is 2.21 bits per heavy atom. The molecule has 4 aromatic rings. The summed E-state index contributed by atoms with van der Waals surface area (Å²) in [5.41, 5.74) is 5.06. The number of sulfonamides is 1. The molecular weight excluding hydrogens is 552 g/mol. The molecule has 1 aliphatic carbocycles. The molecule has 0 radical (unpaired) electrons. The monoisotopic (exact) mass is 588 g/mol. The third-order valence-electron chi connectivity index (χ3n) is 7.81. The Labute approximate surface area is 246 Å². The van der Waals surface area contributed by atoms with E-state index in [1.54, 1.807) is 38.1 Å². The van der Waals surface area contributed by atoms with Crippen LogP contribution >= 0.6 is 0 Å². The minimum atomic E-state index is -3.93. The van der Waals surface area contributed by atoms with Gasteiger partial charge in [-0.15, -0.1) is 0 Å². The van der Waals surface area contributed by atoms with Crippen LogP contribution in [0.5, 0.6) is 0 Å². The van der Waals surface area contributed by atoms with Crippen LogP contribution in [0, 0.1) is 18.8 Å². The van der Waals surface area contributed by atoms with E-state index in [9.17, 15) is 18.0 Å². The summed E-state index contributed by atoms with van der Waals surface area (Å²) in [5, 5.41) is 3.96. The first kappa shape index (κ1) is 29.5. The minimum absolute atomic E-state index is 0.0431. The van der Waals surface area contributed by atoms with Crippen LogP contribution in [-0.2, 0) is 26.0 Å². The molecule has 9 heteroatoms. The third-order valence-corrected chi connectivity index (χ3v) is 9.27. The zero-order valence-electron chi connectivity index (χ0n) is 24.3. The molecule has 1 amide bonds. The molecule has 1 aromatic heterocycles. The lowest BCUT2D eigenvalue weighted by atomic mass is 10.0. The summed E-state index contributed by atoms with van der Waals surface area (Å²) in [6.07, 6.45) is 4.78. The smallest absolute Gasteiger partial charge is 0.324 e. The Morgan fingerprint density at radius 1 is 0.976 bits per heavy atom. The van der Waals surface area contributed by atoms with Gasteiger partial charge in [-0.1, -0.05) is 63.1 Å². The molecule has 0 bridgehead atoms. The molecule has 1 atom stereocenters. The van der Waals surface area contributed by atoms with E-state index in [1.165, 1.54) is 44.1 Å². The Balaban J connectivity index is 1.27. The lowest BCUT2D eigenvalue weighted by Gasteiger charge is -2.19. The van der Waals surface area contributed by atoms with Crippen molar-refractivity contribution >= 4 is 38.6 Å². The number of ether oxygens (including phenoxy) is 1. The van der Waals surface area contributed by atoms with Crippen molar-refractivity contribution in [3.8, 4) is 11.1 Å². The van der Waals surface area contributed by atoms with E-state index in [1.807, 2.05) is 31.2 Å². The average Bonchev–Trinajstić information content (AvgIpc) is 3.75. The maximum Gasteiger partial charge on any atom is 0.324 e. The second kappa shape index (κ2) is 12.1. The maximum absolute atomic E-state index is 13.2. The number of methoxy groups -OCH3 is 1. The Morgan fingerprint density at radius 2 is 1.62 bits per heavy atom. The van der Waals surface area contributed by atoms with Crippen LogP contribution in [0.2, 0.25) is 0 Å². The zero-order chi connectivity index (χ0) is 30.0. The summed E-state index contributed by atoms with van der Waals surface area (Å²) >= 11 is 0. The molecule has 0 saturated heterocycles. The van der Waals surface area contributed by atoms with Crippen LogP contribution in [0.4, 0.5) is 5.69 Å². The second-order valence-electron chi connectivity index (χ2n) is 11.3. The van der Waals surface area contributed by atoms with Gasteiger partial charge < -0.3 is 14.5 Å². The van der Waals surface area contributed by atoms with Crippen LogP contribution in [-0.4, -0.2) is 33.4 Å². The number of benzene rings is 3. The molecular formula is C33H36N2O6S. The first-order valence-electron chi connectivity index (χ1n) is 14.2. The highest BCUT2D eigenvalue weighted by molar-refractivity contribution is 7.89. The fourth-order valence-electron chi connectivity index (χ4n) is 5.16. The van der Waals surface area contributed by atoms with Gasteiger partial charge in [0.25, 0.3) is 5.91 Å². The van der Waals surface area contributed by atoms with E-state index in [4.69, 9.17) is 9.15 Å². The molecule has 0 spiro atoms. The topological polar surface area (TPSA) is 115 Å². The first-order chi connectivity index (χ1) is 20.1. The van der Waals surface area contributed by atoms with E-state index >= 15 is 0 Å². The molecule has 42 heavy (non-hydrogen) atoms. The van der Waals surface area contributed by atoms with Gasteiger partial charge in [0.05, 0.1) is 12.0 Å². The van der Waals surface area contributed by atoms with E-state index < -0.39 is 22.0 Å². The molecule has 1 aliphatic rings. The SMILES string of the molecule is COC(=O)C(NS(=O)(=O)c1ccc(-c2ccc(NC(=O)c3oc4cccc(CCC5CC5)c4c3C)cc2)cc1)C(C)C. The summed E-state index contributed by atoms with van der Waals surface area (Å²) < 4.78 is 38.9. The number of carbonyl (C=O) groups excluding carboxylic acids is 2. The molecule has 2 N–H and O–H groups in total. The van der Waals surface area contributed by atoms with Crippen LogP contribution in [0.1, 0.15) is 54.8 Å². The number of rotatable bonds is 11. The normalized spacial score (nSPS) is 14.2. The van der Waals surface area contributed by atoms with Gasteiger partial charge in [-0.05, 0) is 78.6 Å². The van der Waals surface area contributed by atoms with Crippen molar-refractivity contribution in [2.75, 3.05) is 12.4 Å². The summed E-state index contributed by atoms with van der Waals surface area (Å²) in [5.74, 6) is -0.0857. The summed E-state index contributed by atoms with van der Waals surface area (Å²) in [6.45, 7) is 5.41. The average molecular weight is 589 g/mol. The summed E-state index contributed by atoms with van der Waals surface area (Å²) in [7, 11) is -2.71. The van der Waals surface area contributed by atoms with E-state index in [0.29, 0.717) is 11.4 Å². The fraction of sp³-hybridized carbons (Fsp3) is 0.333. The van der Waals surface area contributed by atoms with Gasteiger partial charge in [0.2, 0.25) is 10.0 Å². The first-order valence-corrected chi connectivity index (χ1v) is 15.7. The quantitative estimate of drug-likeness (QED) is 0.194. The molecule has 0 aliphatic heterocycles. The predicted octanol–water partition coefficient (Wildman–Crippen LogP) is 6.48. The van der Waals surface area contributed by atoms with Crippen molar-refractivity contribution < 1.29 is 27.2 Å². The maximum atomic E-state index is 13.2. The number of anilines is 1. The number of amides is 1. The Hall–Kier alpha value is -3.95. The number of hydrogen-bond acceptors (Lipinski definition) is 6. The number of esters is 1. The van der Waals surface area contributed by atoms with Crippen molar-refractivity contribution in [1.82, 2.24) is 4.72 Å². The molecule has 8 nitrogen and oxygen atoms in total. The van der Waals surface area contributed by atoms with Crippen molar-refractivity contribution in [2.24, 2.45) is 11.8 Å². The van der Waals surface area contributed by atoms with Gasteiger partial charge in [-0.2, -0.15) is 4.72 Å². The van der Waals surface area contributed by atoms with Gasteiger partial charge in [0.1, 0.15) is 11.6 Å². The molecule has 1 fully saturated rings. The number of furan rings is 1. The number of fused-ring (bicyclic) bond motifs is 1. The highest BCUT2D eigenvalue weighted by Gasteiger charge is 2.29. The highest BCUT2D eigenvalue weighted by Crippen LogP contribution is 2.36. The summed E-state index contributed by atoms with van der Waals surface area (Å²) in [6, 6.07) is 18.7. The van der Waals surface area contributed by atoms with Gasteiger partial charge in [-0.3, -0.25) is 9.59 Å². The summed E-state index contributed by atoms with van der Waals surface area (Å²) in [4.78, 5) is 25.2. The van der Waals surface area contributed by atoms with Crippen LogP contribution in [0.3, 0.4) is 0 Å². The standard InChI is InChI=1S/C33H36N2O6S/c1-20(2)30(33(37)40-4)35-42(38,39)27-18-14-24(15-19-27)23-12-16-26(17-13-23)34-32(36)31-21(3)29-25(11-10-22-8-9-22)6-5-7-28(29)41-31/h5-7,12-20,22,30,35H,8-11H2,1-4H3,(H,34,36). The van der Waals surface area contributed by atoms with E-state index in [0.717, 1.165) is 40.0 Å². The van der Waals surface area contributed by atoms with E-state index in [-0.39, 0.29) is 16.7 Å². The lowest BCUT2D eigenvalue weighted by molar-refractivity contribution is -0.143. The molecule has 5 rings (SSSR count). The van der Waals surface area contributed by atoms with Gasteiger partial charge >= 0.3 is 5.97 Å². The van der Waals surface area contributed by atoms with Gasteiger partial charge in [0, 0.05) is 16.6 Å². The molecule has 220 valence electrons. The Kier molecular flexibility index (Phi) is 8.52. The van der Waals surface area contributed by atoms with Crippen LogP contribution < -0.4 is 10.0 Å². The fourth-order valence-corrected chi connectivity index (χ4v) is 6.49. The number of nitrogens with one attached hydrogen (secondary N) is 2. The van der Waals surface area contributed by atoms with Crippen LogP contribution in [0.15, 0.2) is 76.0 Å². The largest absolute Gasteiger partial charge is 0.468 e. The number of carbonyl (C=O) groups is 2. The number of aryl methyl sites for hydroxylation is 2. The molecule has 1 heterocycles. The van der Waals surface area contributed by atoms with Gasteiger partial charge in [0.15, 0.2) is 5.76 Å². The minimum Gasteiger partial charge on any atom is -0.468 e. The van der Waals surface area contributed by atoms with E-state index in [2.05, 4.69) is 16.1 Å². The highest BCUT2D eigenvalue weighted by atomic mass is 32.2. The molecule has 1 saturated carbocycles. The number of hydrogen-bond donors (Lipinski definition) is 2. The van der Waals surface area contributed by atoms with Crippen molar-refractivity contribution in [3.63, 3.8) is 0 Å². The zero-order valence-corrected chi connectivity index (χ0v) is 25.1. The Bertz CT molecular complexity index is 1700. The van der Waals surface area contributed by atoms with Crippen LogP contribution in [0.25, 0.3) is 22.1 Å². The van der Waals surface area contributed by atoms with Crippen molar-refractivity contribution in [3.05, 3.63) is 83.6 Å². The van der Waals surface area contributed by atoms with Crippen molar-refractivity contribution in [1.29, 1.82) is 0 Å². The van der Waals surface area contributed by atoms with Crippen molar-refractivity contribution in [2.45, 2.75) is 57.4 Å². The lowest BCUT2D eigenvalue weighted by Crippen LogP contribution is -2.44.